The first-order chi connectivity index (χ1) is 12.0. The van der Waals surface area contributed by atoms with Gasteiger partial charge in [-0.05, 0) is 37.8 Å². The third-order valence-electron chi connectivity index (χ3n) is 4.16. The number of benzene rings is 1. The van der Waals surface area contributed by atoms with E-state index in [-0.39, 0.29) is 18.0 Å². The lowest BCUT2D eigenvalue weighted by atomic mass is 9.86. The molecule has 1 fully saturated rings. The molecule has 1 saturated carbocycles. The second kappa shape index (κ2) is 9.48. The zero-order chi connectivity index (χ0) is 18.2. The van der Waals surface area contributed by atoms with Crippen LogP contribution in [0.5, 0.6) is 5.75 Å². The van der Waals surface area contributed by atoms with Gasteiger partial charge in [0.05, 0.1) is 23.2 Å². The fourth-order valence-corrected chi connectivity index (χ4v) is 3.04. The number of amides is 2. The summed E-state index contributed by atoms with van der Waals surface area (Å²) < 4.78 is 10.5. The van der Waals surface area contributed by atoms with Crippen LogP contribution in [0.3, 0.4) is 0 Å². The molecule has 0 saturated heterocycles. The van der Waals surface area contributed by atoms with Crippen LogP contribution in [-0.4, -0.2) is 43.5 Å². The van der Waals surface area contributed by atoms with Gasteiger partial charge in [-0.1, -0.05) is 17.7 Å². The number of carboxylic acids is 1. The Labute approximate surface area is 151 Å². The van der Waals surface area contributed by atoms with Crippen LogP contribution in [0, 0.1) is 5.92 Å². The van der Waals surface area contributed by atoms with Crippen molar-refractivity contribution in [2.45, 2.75) is 31.7 Å². The summed E-state index contributed by atoms with van der Waals surface area (Å²) in [7, 11) is 1.57. The van der Waals surface area contributed by atoms with Gasteiger partial charge < -0.3 is 25.2 Å². The number of hydrogen-bond acceptors (Lipinski definition) is 4. The highest BCUT2D eigenvalue weighted by atomic mass is 35.5. The van der Waals surface area contributed by atoms with E-state index in [1.54, 1.807) is 25.3 Å². The quantitative estimate of drug-likeness (QED) is 0.641. The summed E-state index contributed by atoms with van der Waals surface area (Å²) in [4.78, 5) is 23.2. The highest BCUT2D eigenvalue weighted by Crippen LogP contribution is 2.33. The van der Waals surface area contributed by atoms with Crippen molar-refractivity contribution in [3.8, 4) is 5.75 Å². The van der Waals surface area contributed by atoms with E-state index < -0.39 is 5.97 Å². The van der Waals surface area contributed by atoms with Crippen LogP contribution in [0.2, 0.25) is 5.02 Å². The largest absolute Gasteiger partial charge is 0.487 e. The second-order valence-corrected chi connectivity index (χ2v) is 6.35. The molecule has 138 valence electrons. The van der Waals surface area contributed by atoms with Crippen molar-refractivity contribution in [1.29, 1.82) is 0 Å². The van der Waals surface area contributed by atoms with E-state index in [1.165, 1.54) is 0 Å². The molecule has 0 unspecified atom stereocenters. The smallest absolute Gasteiger partial charge is 0.319 e. The zero-order valence-corrected chi connectivity index (χ0v) is 14.8. The van der Waals surface area contributed by atoms with Crippen LogP contribution in [0.15, 0.2) is 18.2 Å². The summed E-state index contributed by atoms with van der Waals surface area (Å²) in [5, 5.41) is 15.0. The van der Waals surface area contributed by atoms with E-state index in [9.17, 15) is 9.59 Å². The molecule has 3 N–H and O–H groups in total. The Balaban J connectivity index is 1.90. The Morgan fingerprint density at radius 1 is 1.24 bits per heavy atom. The number of carbonyl (C=O) groups excluding carboxylic acids is 1. The van der Waals surface area contributed by atoms with Gasteiger partial charge in [0.15, 0.2) is 5.75 Å². The van der Waals surface area contributed by atoms with Crippen molar-refractivity contribution >= 4 is 29.3 Å². The molecule has 0 atom stereocenters. The summed E-state index contributed by atoms with van der Waals surface area (Å²) in [6.45, 7) is 0.722. The van der Waals surface area contributed by atoms with Crippen molar-refractivity contribution in [2.75, 3.05) is 25.6 Å². The lowest BCUT2D eigenvalue weighted by Gasteiger charge is -2.27. The molecule has 0 radical (unpaired) electrons. The minimum Gasteiger partial charge on any atom is -0.487 e. The van der Waals surface area contributed by atoms with Gasteiger partial charge in [0, 0.05) is 13.2 Å². The van der Waals surface area contributed by atoms with Crippen LogP contribution >= 0.6 is 11.6 Å². The van der Waals surface area contributed by atoms with Crippen molar-refractivity contribution in [1.82, 2.24) is 5.32 Å². The van der Waals surface area contributed by atoms with E-state index >= 15 is 0 Å². The molecule has 2 amide bonds. The number of hydrogen-bond donors (Lipinski definition) is 3. The van der Waals surface area contributed by atoms with Crippen LogP contribution in [0.4, 0.5) is 10.5 Å². The summed E-state index contributed by atoms with van der Waals surface area (Å²) in [6, 6.07) is 4.71. The first-order valence-corrected chi connectivity index (χ1v) is 8.59. The van der Waals surface area contributed by atoms with Gasteiger partial charge in [0.2, 0.25) is 0 Å². The third kappa shape index (κ3) is 5.79. The van der Waals surface area contributed by atoms with Crippen LogP contribution < -0.4 is 15.4 Å². The fourth-order valence-electron chi connectivity index (χ4n) is 2.81. The average molecular weight is 371 g/mol. The normalized spacial score (nSPS) is 19.9. The number of aliphatic carboxylic acids is 1. The minimum atomic E-state index is -0.764. The highest BCUT2D eigenvalue weighted by Gasteiger charge is 2.26. The van der Waals surface area contributed by atoms with Crippen molar-refractivity contribution in [3.05, 3.63) is 23.2 Å². The minimum absolute atomic E-state index is 0.0346. The average Bonchev–Trinajstić information content (AvgIpc) is 2.58. The Morgan fingerprint density at radius 2 is 1.96 bits per heavy atom. The highest BCUT2D eigenvalue weighted by molar-refractivity contribution is 6.32. The van der Waals surface area contributed by atoms with Gasteiger partial charge >= 0.3 is 12.0 Å². The number of ether oxygens (including phenoxy) is 2. The zero-order valence-electron chi connectivity index (χ0n) is 14.1. The number of halogens is 1. The Hall–Kier alpha value is -1.99. The van der Waals surface area contributed by atoms with Crippen LogP contribution in [0.25, 0.3) is 0 Å². The van der Waals surface area contributed by atoms with Gasteiger partial charge in [0.1, 0.15) is 6.61 Å². The van der Waals surface area contributed by atoms with Crippen molar-refractivity contribution < 1.29 is 24.2 Å². The maximum atomic E-state index is 12.2. The number of methoxy groups -OCH3 is 1. The third-order valence-corrected chi connectivity index (χ3v) is 4.46. The molecule has 8 heteroatoms. The molecule has 0 heterocycles. The van der Waals surface area contributed by atoms with Gasteiger partial charge in [-0.15, -0.1) is 0 Å². The molecule has 1 aromatic rings. The summed E-state index contributed by atoms with van der Waals surface area (Å²) in [5.41, 5.74) is 0.473. The van der Waals surface area contributed by atoms with Crippen molar-refractivity contribution in [3.63, 3.8) is 0 Å². The van der Waals surface area contributed by atoms with E-state index in [2.05, 4.69) is 10.6 Å². The standard InChI is InChI=1S/C17H23ClN2O5/c1-24-9-10-25-15-13(18)3-2-4-14(15)20-17(23)19-12-7-5-11(6-8-12)16(21)22/h2-4,11-12H,5-10H2,1H3,(H,21,22)(H2,19,20,23). The van der Waals surface area contributed by atoms with E-state index in [4.69, 9.17) is 26.2 Å². The number of anilines is 1. The van der Waals surface area contributed by atoms with Crippen LogP contribution in [0.1, 0.15) is 25.7 Å². The number of para-hydroxylation sites is 1. The lowest BCUT2D eigenvalue weighted by molar-refractivity contribution is -0.142. The monoisotopic (exact) mass is 370 g/mol. The van der Waals surface area contributed by atoms with E-state index in [0.29, 0.717) is 55.4 Å². The number of nitrogens with one attached hydrogen (secondary N) is 2. The summed E-state index contributed by atoms with van der Waals surface area (Å²) >= 11 is 6.14. The number of urea groups is 1. The maximum Gasteiger partial charge on any atom is 0.319 e. The first kappa shape index (κ1) is 19.3. The van der Waals surface area contributed by atoms with Gasteiger partial charge in [-0.2, -0.15) is 0 Å². The Morgan fingerprint density at radius 3 is 2.60 bits per heavy atom. The molecule has 1 aromatic carbocycles. The van der Waals surface area contributed by atoms with Gasteiger partial charge in [-0.25, -0.2) is 4.79 Å². The SMILES string of the molecule is COCCOc1c(Cl)cccc1NC(=O)NC1CCC(C(=O)O)CC1. The van der Waals surface area contributed by atoms with Gasteiger partial charge in [-0.3, -0.25) is 4.79 Å². The topological polar surface area (TPSA) is 96.9 Å². The number of rotatable bonds is 7. The predicted molar refractivity (Wildman–Crippen MR) is 94.4 cm³/mol. The second-order valence-electron chi connectivity index (χ2n) is 5.94. The Bertz CT molecular complexity index is 603. The summed E-state index contributed by atoms with van der Waals surface area (Å²) in [6.07, 6.45) is 2.44. The molecule has 0 aliphatic heterocycles. The molecule has 25 heavy (non-hydrogen) atoms. The van der Waals surface area contributed by atoms with Gasteiger partial charge in [0.25, 0.3) is 0 Å². The predicted octanol–water partition coefficient (Wildman–Crippen LogP) is 3.13. The lowest BCUT2D eigenvalue weighted by Crippen LogP contribution is -2.41. The molecule has 1 aliphatic rings. The molecule has 7 nitrogen and oxygen atoms in total. The van der Waals surface area contributed by atoms with Crippen LogP contribution in [-0.2, 0) is 9.53 Å². The molecule has 2 rings (SSSR count). The van der Waals surface area contributed by atoms with E-state index in [1.807, 2.05) is 0 Å². The first-order valence-electron chi connectivity index (χ1n) is 8.21. The number of carbonyl (C=O) groups is 2. The molecule has 0 bridgehead atoms. The molecule has 0 spiro atoms. The van der Waals surface area contributed by atoms with Crippen molar-refractivity contribution in [2.24, 2.45) is 5.92 Å². The molecule has 1 aliphatic carbocycles. The maximum absolute atomic E-state index is 12.2. The Kier molecular flexibility index (Phi) is 7.33. The van der Waals surface area contributed by atoms with E-state index in [0.717, 1.165) is 0 Å². The molecule has 0 aromatic heterocycles. The molecular formula is C17H23ClN2O5. The number of carboxylic acid groups (broad SMARTS) is 1. The summed E-state index contributed by atoms with van der Waals surface area (Å²) in [5.74, 6) is -0.680. The fraction of sp³-hybridized carbons (Fsp3) is 0.529. The molecular weight excluding hydrogens is 348 g/mol.